The maximum Gasteiger partial charge on any atom is 0.261 e. The first-order valence-corrected chi connectivity index (χ1v) is 7.97. The average molecular weight is 326 g/mol. The van der Waals surface area contributed by atoms with E-state index in [1.807, 2.05) is 19.1 Å². The molecule has 0 radical (unpaired) electrons. The molecule has 0 aliphatic heterocycles. The molecular weight excluding hydrogens is 304 g/mol. The minimum absolute atomic E-state index is 0.180. The van der Waals surface area contributed by atoms with Gasteiger partial charge in [0, 0.05) is 6.54 Å². The fraction of sp³-hybridized carbons (Fsp3) is 0.263. The Morgan fingerprint density at radius 2 is 1.42 bits per heavy atom. The zero-order valence-electron chi connectivity index (χ0n) is 13.7. The van der Waals surface area contributed by atoms with Crippen LogP contribution in [0.2, 0.25) is 0 Å². The van der Waals surface area contributed by atoms with E-state index >= 15 is 0 Å². The number of nitrogens with one attached hydrogen (secondary N) is 2. The summed E-state index contributed by atoms with van der Waals surface area (Å²) in [7, 11) is 0. The second-order valence-corrected chi connectivity index (χ2v) is 5.48. The third kappa shape index (κ3) is 4.00. The van der Waals surface area contributed by atoms with Crippen molar-refractivity contribution < 1.29 is 14.7 Å². The Morgan fingerprint density at radius 1 is 0.917 bits per heavy atom. The van der Waals surface area contributed by atoms with Crippen LogP contribution in [0.3, 0.4) is 0 Å². The normalized spacial score (nSPS) is 10.9. The number of hydrogen-bond donors (Lipinski definition) is 3. The Bertz CT molecular complexity index is 632. The molecule has 2 rings (SSSR count). The van der Waals surface area contributed by atoms with E-state index in [2.05, 4.69) is 10.6 Å². The monoisotopic (exact) mass is 326 g/mol. The zero-order valence-corrected chi connectivity index (χ0v) is 13.7. The summed E-state index contributed by atoms with van der Waals surface area (Å²) < 4.78 is 0. The standard InChI is InChI=1S/C19H22N2O3/c1-2-13-20-17(22)14-21-18(23)19(24,15-9-5-3-6-10-15)16-11-7-4-8-12-16/h3-12,24H,2,13-14H2,1H3,(H,20,22)(H,21,23). The molecule has 126 valence electrons. The van der Waals surface area contributed by atoms with Gasteiger partial charge in [-0.3, -0.25) is 9.59 Å². The molecule has 3 N–H and O–H groups in total. The van der Waals surface area contributed by atoms with Gasteiger partial charge in [-0.15, -0.1) is 0 Å². The van der Waals surface area contributed by atoms with Gasteiger partial charge in [-0.1, -0.05) is 67.6 Å². The third-order valence-electron chi connectivity index (χ3n) is 3.69. The summed E-state index contributed by atoms with van der Waals surface area (Å²) in [5, 5.41) is 16.4. The maximum absolute atomic E-state index is 12.7. The van der Waals surface area contributed by atoms with Crippen molar-refractivity contribution in [3.05, 3.63) is 71.8 Å². The highest BCUT2D eigenvalue weighted by Gasteiger charge is 2.39. The molecule has 2 aromatic carbocycles. The van der Waals surface area contributed by atoms with E-state index in [0.717, 1.165) is 6.42 Å². The fourth-order valence-electron chi connectivity index (χ4n) is 2.40. The van der Waals surface area contributed by atoms with Crippen molar-refractivity contribution in [3.63, 3.8) is 0 Å². The molecule has 0 saturated carbocycles. The van der Waals surface area contributed by atoms with Gasteiger partial charge in [0.1, 0.15) is 0 Å². The SMILES string of the molecule is CCCNC(=O)CNC(=O)C(O)(c1ccccc1)c1ccccc1. The van der Waals surface area contributed by atoms with Crippen molar-refractivity contribution in [2.24, 2.45) is 0 Å². The second-order valence-electron chi connectivity index (χ2n) is 5.48. The largest absolute Gasteiger partial charge is 0.372 e. The second kappa shape index (κ2) is 8.26. The highest BCUT2D eigenvalue weighted by molar-refractivity contribution is 5.92. The topological polar surface area (TPSA) is 78.4 Å². The van der Waals surface area contributed by atoms with Crippen molar-refractivity contribution in [3.8, 4) is 0 Å². The van der Waals surface area contributed by atoms with Gasteiger partial charge in [0.15, 0.2) is 5.60 Å². The first-order chi connectivity index (χ1) is 11.6. The van der Waals surface area contributed by atoms with E-state index in [0.29, 0.717) is 17.7 Å². The molecule has 0 heterocycles. The van der Waals surface area contributed by atoms with Crippen LogP contribution in [0.25, 0.3) is 0 Å². The predicted molar refractivity (Wildman–Crippen MR) is 92.2 cm³/mol. The minimum Gasteiger partial charge on any atom is -0.372 e. The minimum atomic E-state index is -1.85. The van der Waals surface area contributed by atoms with Gasteiger partial charge in [0.05, 0.1) is 6.54 Å². The molecule has 0 bridgehead atoms. The van der Waals surface area contributed by atoms with E-state index in [9.17, 15) is 14.7 Å². The van der Waals surface area contributed by atoms with Crippen LogP contribution in [0.1, 0.15) is 24.5 Å². The Kier molecular flexibility index (Phi) is 6.09. The Labute approximate surface area is 141 Å². The smallest absolute Gasteiger partial charge is 0.261 e. The van der Waals surface area contributed by atoms with Crippen LogP contribution in [0.15, 0.2) is 60.7 Å². The van der Waals surface area contributed by atoms with Gasteiger partial charge in [-0.05, 0) is 17.5 Å². The summed E-state index contributed by atoms with van der Waals surface area (Å²) in [5.41, 5.74) is -0.960. The molecule has 0 aliphatic carbocycles. The lowest BCUT2D eigenvalue weighted by Gasteiger charge is -2.28. The lowest BCUT2D eigenvalue weighted by atomic mass is 9.85. The molecule has 0 fully saturated rings. The van der Waals surface area contributed by atoms with Gasteiger partial charge in [0.2, 0.25) is 5.91 Å². The molecule has 0 spiro atoms. The maximum atomic E-state index is 12.7. The lowest BCUT2D eigenvalue weighted by Crippen LogP contribution is -2.48. The van der Waals surface area contributed by atoms with Crippen LogP contribution in [-0.2, 0) is 15.2 Å². The van der Waals surface area contributed by atoms with Gasteiger partial charge in [-0.2, -0.15) is 0 Å². The van der Waals surface area contributed by atoms with Crippen LogP contribution < -0.4 is 10.6 Å². The first kappa shape index (κ1) is 17.7. The van der Waals surface area contributed by atoms with E-state index in [1.54, 1.807) is 48.5 Å². The number of rotatable bonds is 7. The quantitative estimate of drug-likeness (QED) is 0.722. The molecular formula is C19H22N2O3. The molecule has 5 nitrogen and oxygen atoms in total. The lowest BCUT2D eigenvalue weighted by molar-refractivity contribution is -0.138. The van der Waals surface area contributed by atoms with Crippen molar-refractivity contribution in [2.75, 3.05) is 13.1 Å². The summed E-state index contributed by atoms with van der Waals surface area (Å²) in [6.07, 6.45) is 0.817. The van der Waals surface area contributed by atoms with Crippen molar-refractivity contribution >= 4 is 11.8 Å². The molecule has 2 aromatic rings. The first-order valence-electron chi connectivity index (χ1n) is 7.97. The summed E-state index contributed by atoms with van der Waals surface area (Å²) in [4.78, 5) is 24.4. The van der Waals surface area contributed by atoms with Crippen LogP contribution in [0.4, 0.5) is 0 Å². The Morgan fingerprint density at radius 3 is 1.88 bits per heavy atom. The molecule has 0 aliphatic rings. The summed E-state index contributed by atoms with van der Waals surface area (Å²) in [6.45, 7) is 2.32. The number of carbonyl (C=O) groups is 2. The molecule has 5 heteroatoms. The van der Waals surface area contributed by atoms with Gasteiger partial charge in [0.25, 0.3) is 5.91 Å². The number of benzene rings is 2. The average Bonchev–Trinajstić information content (AvgIpc) is 2.65. The molecule has 0 aromatic heterocycles. The van der Waals surface area contributed by atoms with Gasteiger partial charge >= 0.3 is 0 Å². The summed E-state index contributed by atoms with van der Waals surface area (Å²) in [5.74, 6) is -0.916. The van der Waals surface area contributed by atoms with Crippen molar-refractivity contribution in [2.45, 2.75) is 18.9 Å². The summed E-state index contributed by atoms with van der Waals surface area (Å²) >= 11 is 0. The molecule has 0 atom stereocenters. The number of hydrogen-bond acceptors (Lipinski definition) is 3. The third-order valence-corrected chi connectivity index (χ3v) is 3.69. The van der Waals surface area contributed by atoms with E-state index in [4.69, 9.17) is 0 Å². The molecule has 0 unspecified atom stereocenters. The number of aliphatic hydroxyl groups is 1. The van der Waals surface area contributed by atoms with Crippen LogP contribution in [-0.4, -0.2) is 30.0 Å². The highest BCUT2D eigenvalue weighted by Crippen LogP contribution is 2.29. The van der Waals surface area contributed by atoms with Crippen molar-refractivity contribution in [1.82, 2.24) is 10.6 Å². The van der Waals surface area contributed by atoms with Gasteiger partial charge < -0.3 is 15.7 Å². The number of amides is 2. The van der Waals surface area contributed by atoms with E-state index < -0.39 is 11.5 Å². The van der Waals surface area contributed by atoms with Crippen LogP contribution in [0, 0.1) is 0 Å². The molecule has 24 heavy (non-hydrogen) atoms. The number of carbonyl (C=O) groups excluding carboxylic acids is 2. The summed E-state index contributed by atoms with van der Waals surface area (Å²) in [6, 6.07) is 17.4. The zero-order chi connectivity index (χ0) is 17.4. The molecule has 2 amide bonds. The predicted octanol–water partition coefficient (Wildman–Crippen LogP) is 1.56. The molecule has 0 saturated heterocycles. The van der Waals surface area contributed by atoms with Gasteiger partial charge in [-0.25, -0.2) is 0 Å². The van der Waals surface area contributed by atoms with Crippen LogP contribution >= 0.6 is 0 Å². The van der Waals surface area contributed by atoms with E-state index in [-0.39, 0.29) is 12.5 Å². The Hall–Kier alpha value is -2.66. The van der Waals surface area contributed by atoms with E-state index in [1.165, 1.54) is 0 Å². The van der Waals surface area contributed by atoms with Crippen molar-refractivity contribution in [1.29, 1.82) is 0 Å². The fourth-order valence-corrected chi connectivity index (χ4v) is 2.40. The Balaban J connectivity index is 2.24. The van der Waals surface area contributed by atoms with Crippen LogP contribution in [0.5, 0.6) is 0 Å². The highest BCUT2D eigenvalue weighted by atomic mass is 16.3.